The molecule has 2 aromatic carbocycles. The summed E-state index contributed by atoms with van der Waals surface area (Å²) in [6.07, 6.45) is 3.61. The molecule has 4 rings (SSSR count). The van der Waals surface area contributed by atoms with E-state index in [0.717, 1.165) is 56.6 Å². The normalized spacial score (nSPS) is 18.5. The highest BCUT2D eigenvalue weighted by atomic mass is 79.9. The Balaban J connectivity index is 0.000000436. The number of hydrogen-bond donors (Lipinski definition) is 2. The SMILES string of the molecule is O=C(O)/C=C/C(=O)O.O=C1OCC(CCc2ccccc2Br)N1C(CCN1CCOCC1)c1ccccc1. The van der Waals surface area contributed by atoms with E-state index in [4.69, 9.17) is 19.7 Å². The fourth-order valence-corrected chi connectivity index (χ4v) is 5.00. The van der Waals surface area contributed by atoms with E-state index < -0.39 is 11.9 Å². The van der Waals surface area contributed by atoms with Crippen LogP contribution in [0.2, 0.25) is 0 Å². The molecule has 10 heteroatoms. The highest BCUT2D eigenvalue weighted by Gasteiger charge is 2.38. The lowest BCUT2D eigenvalue weighted by molar-refractivity contribution is -0.134. The maximum Gasteiger partial charge on any atom is 0.410 e. The zero-order chi connectivity index (χ0) is 27.3. The topological polar surface area (TPSA) is 117 Å². The maximum atomic E-state index is 12.8. The van der Waals surface area contributed by atoms with Crippen molar-refractivity contribution in [2.24, 2.45) is 0 Å². The van der Waals surface area contributed by atoms with E-state index in [9.17, 15) is 14.4 Å². The van der Waals surface area contributed by atoms with Gasteiger partial charge in [-0.3, -0.25) is 9.80 Å². The van der Waals surface area contributed by atoms with Crippen LogP contribution in [0, 0.1) is 0 Å². The van der Waals surface area contributed by atoms with Gasteiger partial charge in [-0.25, -0.2) is 14.4 Å². The smallest absolute Gasteiger partial charge is 0.410 e. The fourth-order valence-electron chi connectivity index (χ4n) is 4.51. The molecule has 2 unspecified atom stereocenters. The molecule has 2 saturated heterocycles. The van der Waals surface area contributed by atoms with Crippen LogP contribution in [-0.4, -0.2) is 83.5 Å². The number of aliphatic carboxylic acids is 2. The second kappa shape index (κ2) is 15.3. The summed E-state index contributed by atoms with van der Waals surface area (Å²) in [5.41, 5.74) is 2.44. The van der Waals surface area contributed by atoms with Crippen molar-refractivity contribution in [1.82, 2.24) is 9.80 Å². The van der Waals surface area contributed by atoms with Gasteiger partial charge in [0.25, 0.3) is 0 Å². The Morgan fingerprint density at radius 3 is 2.26 bits per heavy atom. The molecular formula is C28H33BrN2O7. The number of nitrogens with zero attached hydrogens (tertiary/aromatic N) is 2. The summed E-state index contributed by atoms with van der Waals surface area (Å²) in [6, 6.07) is 18.8. The van der Waals surface area contributed by atoms with Gasteiger partial charge in [0.15, 0.2) is 0 Å². The molecule has 38 heavy (non-hydrogen) atoms. The van der Waals surface area contributed by atoms with E-state index in [0.29, 0.717) is 18.8 Å². The molecule has 2 heterocycles. The zero-order valence-corrected chi connectivity index (χ0v) is 22.7. The highest BCUT2D eigenvalue weighted by molar-refractivity contribution is 9.10. The van der Waals surface area contributed by atoms with E-state index in [2.05, 4.69) is 63.3 Å². The first-order valence-corrected chi connectivity index (χ1v) is 13.3. The third kappa shape index (κ3) is 9.27. The van der Waals surface area contributed by atoms with E-state index in [1.807, 2.05) is 17.0 Å². The molecule has 2 aliphatic rings. The maximum absolute atomic E-state index is 12.8. The minimum absolute atomic E-state index is 0.0215. The number of ether oxygens (including phenoxy) is 2. The minimum atomic E-state index is -1.26. The average molecular weight is 589 g/mol. The highest BCUT2D eigenvalue weighted by Crippen LogP contribution is 2.33. The quantitative estimate of drug-likeness (QED) is 0.393. The first-order valence-electron chi connectivity index (χ1n) is 12.5. The van der Waals surface area contributed by atoms with Crippen molar-refractivity contribution < 1.29 is 34.1 Å². The predicted octanol–water partition coefficient (Wildman–Crippen LogP) is 4.38. The molecule has 0 saturated carbocycles. The van der Waals surface area contributed by atoms with Crippen LogP contribution in [0.1, 0.15) is 30.0 Å². The molecule has 2 aliphatic heterocycles. The lowest BCUT2D eigenvalue weighted by atomic mass is 9.98. The third-order valence-electron chi connectivity index (χ3n) is 6.42. The van der Waals surface area contributed by atoms with Gasteiger partial charge < -0.3 is 19.7 Å². The van der Waals surface area contributed by atoms with Crippen molar-refractivity contribution >= 4 is 34.0 Å². The van der Waals surface area contributed by atoms with Crippen molar-refractivity contribution in [3.8, 4) is 0 Å². The lowest BCUT2D eigenvalue weighted by Crippen LogP contribution is -2.41. The molecule has 1 amide bonds. The largest absolute Gasteiger partial charge is 0.478 e. The average Bonchev–Trinajstić information content (AvgIpc) is 3.28. The summed E-state index contributed by atoms with van der Waals surface area (Å²) < 4.78 is 12.1. The number of carboxylic acids is 2. The monoisotopic (exact) mass is 588 g/mol. The summed E-state index contributed by atoms with van der Waals surface area (Å²) in [7, 11) is 0. The number of carboxylic acid groups (broad SMARTS) is 2. The van der Waals surface area contributed by atoms with E-state index in [-0.39, 0.29) is 18.2 Å². The van der Waals surface area contributed by atoms with Gasteiger partial charge >= 0.3 is 18.0 Å². The van der Waals surface area contributed by atoms with Gasteiger partial charge in [0.2, 0.25) is 0 Å². The van der Waals surface area contributed by atoms with Crippen LogP contribution in [-0.2, 0) is 25.5 Å². The van der Waals surface area contributed by atoms with Gasteiger partial charge in [0.1, 0.15) is 6.61 Å². The molecule has 2 atom stereocenters. The lowest BCUT2D eigenvalue weighted by Gasteiger charge is -2.34. The molecule has 0 bridgehead atoms. The van der Waals surface area contributed by atoms with Crippen molar-refractivity contribution in [3.05, 3.63) is 82.3 Å². The zero-order valence-electron chi connectivity index (χ0n) is 21.1. The van der Waals surface area contributed by atoms with Crippen molar-refractivity contribution in [3.63, 3.8) is 0 Å². The first-order chi connectivity index (χ1) is 18.3. The molecule has 2 N–H and O–H groups in total. The van der Waals surface area contributed by atoms with Gasteiger partial charge in [-0.1, -0.05) is 64.5 Å². The third-order valence-corrected chi connectivity index (χ3v) is 7.19. The van der Waals surface area contributed by atoms with Crippen LogP contribution in [0.25, 0.3) is 0 Å². The van der Waals surface area contributed by atoms with Crippen LogP contribution >= 0.6 is 15.9 Å². The number of halogens is 1. The molecule has 0 radical (unpaired) electrons. The Hall–Kier alpha value is -3.21. The van der Waals surface area contributed by atoms with E-state index in [1.54, 1.807) is 0 Å². The number of rotatable bonds is 10. The van der Waals surface area contributed by atoms with Gasteiger partial charge in [-0.2, -0.15) is 0 Å². The molecule has 2 fully saturated rings. The Labute approximate surface area is 230 Å². The molecule has 0 aliphatic carbocycles. The van der Waals surface area contributed by atoms with Gasteiger partial charge in [0, 0.05) is 36.3 Å². The number of cyclic esters (lactones) is 1. The number of amides is 1. The van der Waals surface area contributed by atoms with Gasteiger partial charge in [-0.05, 0) is 36.5 Å². The van der Waals surface area contributed by atoms with E-state index in [1.165, 1.54) is 11.1 Å². The molecule has 9 nitrogen and oxygen atoms in total. The molecular weight excluding hydrogens is 556 g/mol. The standard InChI is InChI=1S/C24H29BrN2O3.C4H4O4/c25-22-9-5-4-6-19(22)10-11-21-18-30-24(28)27(21)23(20-7-2-1-3-8-20)12-13-26-14-16-29-17-15-26;5-3(6)1-2-4(7)8/h1-9,21,23H,10-18H2;1-2H,(H,5,6)(H,7,8)/b;2-1+. The van der Waals surface area contributed by atoms with Crippen molar-refractivity contribution in [1.29, 1.82) is 0 Å². The number of benzene rings is 2. The minimum Gasteiger partial charge on any atom is -0.478 e. The second-order valence-corrected chi connectivity index (χ2v) is 9.80. The molecule has 0 spiro atoms. The Morgan fingerprint density at radius 1 is 1.00 bits per heavy atom. The van der Waals surface area contributed by atoms with Crippen LogP contribution in [0.3, 0.4) is 0 Å². The molecule has 2 aromatic rings. The Morgan fingerprint density at radius 2 is 1.63 bits per heavy atom. The summed E-state index contributed by atoms with van der Waals surface area (Å²) in [5, 5.41) is 15.6. The summed E-state index contributed by atoms with van der Waals surface area (Å²) in [4.78, 5) is 36.3. The molecule has 204 valence electrons. The van der Waals surface area contributed by atoms with Gasteiger partial charge in [-0.15, -0.1) is 0 Å². The number of hydrogen-bond acceptors (Lipinski definition) is 6. The summed E-state index contributed by atoms with van der Waals surface area (Å²) >= 11 is 3.64. The van der Waals surface area contributed by atoms with E-state index >= 15 is 0 Å². The number of morpholine rings is 1. The second-order valence-electron chi connectivity index (χ2n) is 8.95. The summed E-state index contributed by atoms with van der Waals surface area (Å²) in [6.45, 7) is 4.90. The summed E-state index contributed by atoms with van der Waals surface area (Å²) in [5.74, 6) is -2.51. The fraction of sp³-hybridized carbons (Fsp3) is 0.393. The molecule has 0 aromatic heterocycles. The van der Waals surface area contributed by atoms with Crippen LogP contribution in [0.15, 0.2) is 71.2 Å². The van der Waals surface area contributed by atoms with Crippen LogP contribution in [0.5, 0.6) is 0 Å². The Kier molecular flexibility index (Phi) is 11.8. The van der Waals surface area contributed by atoms with Crippen LogP contribution < -0.4 is 0 Å². The number of carbonyl (C=O) groups is 3. The van der Waals surface area contributed by atoms with Gasteiger partial charge in [0.05, 0.1) is 25.3 Å². The predicted molar refractivity (Wildman–Crippen MR) is 145 cm³/mol. The van der Waals surface area contributed by atoms with Crippen molar-refractivity contribution in [2.75, 3.05) is 39.5 Å². The first kappa shape index (κ1) is 29.3. The van der Waals surface area contributed by atoms with Crippen molar-refractivity contribution in [2.45, 2.75) is 31.3 Å². The Bertz CT molecular complexity index is 1070. The number of carbonyl (C=O) groups excluding carboxylic acids is 1. The number of aryl methyl sites for hydroxylation is 1. The van der Waals surface area contributed by atoms with Crippen LogP contribution in [0.4, 0.5) is 4.79 Å².